The molecule has 0 amide bonds. The third-order valence-corrected chi connectivity index (χ3v) is 6.58. The SMILES string of the molecule is Cc1ccc(-n2nc(Cc3cc(-c4ccccc4)n(-c4ccc(C)cc4)n3)cc2-c2ccccc2)cc1. The van der Waals surface area contributed by atoms with Crippen molar-refractivity contribution in [3.05, 3.63) is 144 Å². The summed E-state index contributed by atoms with van der Waals surface area (Å²) in [7, 11) is 0. The summed E-state index contributed by atoms with van der Waals surface area (Å²) >= 11 is 0. The highest BCUT2D eigenvalue weighted by Gasteiger charge is 2.16. The molecule has 2 heterocycles. The molecule has 6 rings (SSSR count). The smallest absolute Gasteiger partial charge is 0.0743 e. The van der Waals surface area contributed by atoms with E-state index < -0.39 is 0 Å². The summed E-state index contributed by atoms with van der Waals surface area (Å²) in [5, 5.41) is 10.1. The number of aryl methyl sites for hydroxylation is 2. The van der Waals surface area contributed by atoms with Crippen molar-refractivity contribution in [3.63, 3.8) is 0 Å². The van der Waals surface area contributed by atoms with Crippen molar-refractivity contribution in [3.8, 4) is 33.9 Å². The molecule has 37 heavy (non-hydrogen) atoms. The number of hydrogen-bond donors (Lipinski definition) is 0. The van der Waals surface area contributed by atoms with Crippen molar-refractivity contribution < 1.29 is 0 Å². The molecule has 0 bridgehead atoms. The van der Waals surface area contributed by atoms with Gasteiger partial charge in [-0.1, -0.05) is 96.1 Å². The van der Waals surface area contributed by atoms with E-state index in [2.05, 4.69) is 123 Å². The number of benzene rings is 4. The van der Waals surface area contributed by atoms with Gasteiger partial charge in [0.15, 0.2) is 0 Å². The number of aromatic nitrogens is 4. The number of rotatable bonds is 6. The fraction of sp³-hybridized carbons (Fsp3) is 0.0909. The lowest BCUT2D eigenvalue weighted by Gasteiger charge is -2.08. The molecule has 4 heteroatoms. The van der Waals surface area contributed by atoms with Gasteiger partial charge >= 0.3 is 0 Å². The predicted octanol–water partition coefficient (Wildman–Crippen LogP) is 7.60. The van der Waals surface area contributed by atoms with Gasteiger partial charge in [0, 0.05) is 17.5 Å². The van der Waals surface area contributed by atoms with E-state index in [0.29, 0.717) is 6.42 Å². The minimum absolute atomic E-state index is 0.636. The summed E-state index contributed by atoms with van der Waals surface area (Å²) in [6.07, 6.45) is 0.636. The van der Waals surface area contributed by atoms with Crippen LogP contribution in [-0.4, -0.2) is 19.6 Å². The Kier molecular flexibility index (Phi) is 5.99. The molecule has 4 nitrogen and oxygen atoms in total. The Morgan fingerprint density at radius 3 is 1.24 bits per heavy atom. The Bertz CT molecular complexity index is 1500. The first-order valence-corrected chi connectivity index (χ1v) is 12.6. The van der Waals surface area contributed by atoms with E-state index in [-0.39, 0.29) is 0 Å². The van der Waals surface area contributed by atoms with E-state index in [1.807, 2.05) is 21.5 Å². The first-order chi connectivity index (χ1) is 18.1. The Morgan fingerprint density at radius 2 is 0.865 bits per heavy atom. The summed E-state index contributed by atoms with van der Waals surface area (Å²) in [4.78, 5) is 0. The summed E-state index contributed by atoms with van der Waals surface area (Å²) in [6.45, 7) is 4.20. The predicted molar refractivity (Wildman–Crippen MR) is 150 cm³/mol. The summed E-state index contributed by atoms with van der Waals surface area (Å²) in [5.41, 5.74) is 10.9. The molecule has 180 valence electrons. The first-order valence-electron chi connectivity index (χ1n) is 12.6. The molecule has 0 radical (unpaired) electrons. The quantitative estimate of drug-likeness (QED) is 0.246. The number of nitrogens with zero attached hydrogens (tertiary/aromatic N) is 4. The van der Waals surface area contributed by atoms with E-state index in [4.69, 9.17) is 10.2 Å². The average Bonchev–Trinajstić information content (AvgIpc) is 3.55. The summed E-state index contributed by atoms with van der Waals surface area (Å²) < 4.78 is 4.08. The topological polar surface area (TPSA) is 35.6 Å². The second-order valence-corrected chi connectivity index (χ2v) is 9.45. The van der Waals surface area contributed by atoms with Crippen LogP contribution in [0.25, 0.3) is 33.9 Å². The fourth-order valence-electron chi connectivity index (χ4n) is 4.61. The van der Waals surface area contributed by atoms with Gasteiger partial charge in [-0.2, -0.15) is 10.2 Å². The van der Waals surface area contributed by atoms with Crippen LogP contribution in [0.3, 0.4) is 0 Å². The van der Waals surface area contributed by atoms with Gasteiger partial charge in [-0.15, -0.1) is 0 Å². The first kappa shape index (κ1) is 22.7. The lowest BCUT2D eigenvalue weighted by Crippen LogP contribution is -2.01. The fourth-order valence-corrected chi connectivity index (χ4v) is 4.61. The van der Waals surface area contributed by atoms with Crippen LogP contribution < -0.4 is 0 Å². The third kappa shape index (κ3) is 4.74. The maximum absolute atomic E-state index is 5.05. The average molecular weight is 481 g/mol. The summed E-state index contributed by atoms with van der Waals surface area (Å²) in [5.74, 6) is 0. The second-order valence-electron chi connectivity index (χ2n) is 9.45. The molecule has 0 atom stereocenters. The Hall–Kier alpha value is -4.70. The van der Waals surface area contributed by atoms with Crippen molar-refractivity contribution in [2.24, 2.45) is 0 Å². The third-order valence-electron chi connectivity index (χ3n) is 6.58. The molecular formula is C33H28N4. The van der Waals surface area contributed by atoms with Crippen LogP contribution in [0, 0.1) is 13.8 Å². The van der Waals surface area contributed by atoms with Crippen LogP contribution in [0.2, 0.25) is 0 Å². The van der Waals surface area contributed by atoms with Gasteiger partial charge in [0.2, 0.25) is 0 Å². The highest BCUT2D eigenvalue weighted by Crippen LogP contribution is 2.28. The molecule has 0 spiro atoms. The maximum Gasteiger partial charge on any atom is 0.0743 e. The Balaban J connectivity index is 1.42. The van der Waals surface area contributed by atoms with Gasteiger partial charge in [0.05, 0.1) is 34.2 Å². The zero-order chi connectivity index (χ0) is 25.2. The van der Waals surface area contributed by atoms with E-state index in [1.54, 1.807) is 0 Å². The van der Waals surface area contributed by atoms with E-state index >= 15 is 0 Å². The van der Waals surface area contributed by atoms with Gasteiger partial charge in [-0.25, -0.2) is 9.36 Å². The minimum atomic E-state index is 0.636. The van der Waals surface area contributed by atoms with Gasteiger partial charge in [-0.05, 0) is 50.2 Å². The van der Waals surface area contributed by atoms with Crippen LogP contribution in [-0.2, 0) is 6.42 Å². The Labute approximate surface area is 217 Å². The van der Waals surface area contributed by atoms with Crippen LogP contribution >= 0.6 is 0 Å². The van der Waals surface area contributed by atoms with Crippen molar-refractivity contribution in [2.75, 3.05) is 0 Å². The largest absolute Gasteiger partial charge is 0.233 e. The normalized spacial score (nSPS) is 11.1. The van der Waals surface area contributed by atoms with Crippen LogP contribution in [0.5, 0.6) is 0 Å². The zero-order valence-electron chi connectivity index (χ0n) is 21.0. The lowest BCUT2D eigenvalue weighted by molar-refractivity contribution is 0.822. The molecule has 0 aliphatic heterocycles. The van der Waals surface area contributed by atoms with Gasteiger partial charge in [0.1, 0.15) is 0 Å². The highest BCUT2D eigenvalue weighted by atomic mass is 15.3. The van der Waals surface area contributed by atoms with Crippen LogP contribution in [0.15, 0.2) is 121 Å². The highest BCUT2D eigenvalue weighted by molar-refractivity contribution is 5.64. The van der Waals surface area contributed by atoms with Crippen LogP contribution in [0.1, 0.15) is 22.5 Å². The molecule has 0 aliphatic rings. The van der Waals surface area contributed by atoms with Gasteiger partial charge in [0.25, 0.3) is 0 Å². The van der Waals surface area contributed by atoms with Crippen molar-refractivity contribution in [2.45, 2.75) is 20.3 Å². The zero-order valence-corrected chi connectivity index (χ0v) is 21.0. The standard InChI is InChI=1S/C33H28N4/c1-24-13-17-30(18-14-24)36-32(26-9-5-3-6-10-26)22-28(34-36)21-29-23-33(27-11-7-4-8-12-27)37(35-29)31-19-15-25(2)16-20-31/h3-20,22-23H,21H2,1-2H3. The van der Waals surface area contributed by atoms with E-state index in [1.165, 1.54) is 11.1 Å². The van der Waals surface area contributed by atoms with E-state index in [9.17, 15) is 0 Å². The van der Waals surface area contributed by atoms with E-state index in [0.717, 1.165) is 45.3 Å². The van der Waals surface area contributed by atoms with Crippen molar-refractivity contribution >= 4 is 0 Å². The van der Waals surface area contributed by atoms with Crippen LogP contribution in [0.4, 0.5) is 0 Å². The molecule has 6 aromatic rings. The number of hydrogen-bond acceptors (Lipinski definition) is 2. The molecule has 0 aliphatic carbocycles. The molecule has 0 N–H and O–H groups in total. The summed E-state index contributed by atoms with van der Waals surface area (Å²) in [6, 6.07) is 42.2. The molecule has 0 saturated heterocycles. The molecule has 2 aromatic heterocycles. The molecule has 4 aromatic carbocycles. The molecular weight excluding hydrogens is 452 g/mol. The lowest BCUT2D eigenvalue weighted by atomic mass is 10.1. The second kappa shape index (κ2) is 9.75. The van der Waals surface area contributed by atoms with Gasteiger partial charge < -0.3 is 0 Å². The molecule has 0 saturated carbocycles. The Morgan fingerprint density at radius 1 is 0.486 bits per heavy atom. The monoisotopic (exact) mass is 480 g/mol. The molecule has 0 fully saturated rings. The van der Waals surface area contributed by atoms with Crippen molar-refractivity contribution in [1.29, 1.82) is 0 Å². The molecule has 0 unspecified atom stereocenters. The van der Waals surface area contributed by atoms with Gasteiger partial charge in [-0.3, -0.25) is 0 Å². The van der Waals surface area contributed by atoms with Crippen molar-refractivity contribution in [1.82, 2.24) is 19.6 Å². The maximum atomic E-state index is 5.05. The minimum Gasteiger partial charge on any atom is -0.233 e.